The molecule has 1 atom stereocenters. The van der Waals surface area contributed by atoms with E-state index in [9.17, 15) is 4.79 Å². The Balaban J connectivity index is 1.83. The molecule has 128 valence electrons. The third-order valence-corrected chi connectivity index (χ3v) is 3.68. The van der Waals surface area contributed by atoms with E-state index < -0.39 is 0 Å². The molecular formula is C19H27N3O2+2. The smallest absolute Gasteiger partial charge is 0.282 e. The van der Waals surface area contributed by atoms with Gasteiger partial charge in [-0.15, -0.1) is 0 Å². The van der Waals surface area contributed by atoms with E-state index in [1.54, 1.807) is 0 Å². The van der Waals surface area contributed by atoms with Crippen molar-refractivity contribution in [2.75, 3.05) is 32.5 Å². The van der Waals surface area contributed by atoms with Crippen molar-refractivity contribution in [1.29, 1.82) is 0 Å². The summed E-state index contributed by atoms with van der Waals surface area (Å²) in [6, 6.07) is 16.9. The number of nitrogens with one attached hydrogen (secondary N) is 2. The number of hydrogen-bond acceptors (Lipinski definition) is 2. The Bertz CT molecular complexity index is 627. The third-order valence-electron chi connectivity index (χ3n) is 3.68. The summed E-state index contributed by atoms with van der Waals surface area (Å²) in [5.41, 5.74) is 0.777. The van der Waals surface area contributed by atoms with Gasteiger partial charge in [0.1, 0.15) is 24.6 Å². The highest BCUT2D eigenvalue weighted by atomic mass is 16.5. The van der Waals surface area contributed by atoms with Crippen molar-refractivity contribution in [1.82, 2.24) is 0 Å². The van der Waals surface area contributed by atoms with Gasteiger partial charge in [-0.2, -0.15) is 0 Å². The van der Waals surface area contributed by atoms with Crippen LogP contribution in [0.2, 0.25) is 0 Å². The molecule has 0 unspecified atom stereocenters. The number of hydrogen-bond donors (Lipinski definition) is 3. The largest absolute Gasteiger partial charge is 0.457 e. The van der Waals surface area contributed by atoms with Gasteiger partial charge in [-0.3, -0.25) is 4.79 Å². The second-order valence-electron chi connectivity index (χ2n) is 6.20. The highest BCUT2D eigenvalue weighted by Crippen LogP contribution is 2.22. The van der Waals surface area contributed by atoms with Crippen LogP contribution in [0.1, 0.15) is 6.92 Å². The van der Waals surface area contributed by atoms with Gasteiger partial charge in [0.2, 0.25) is 0 Å². The van der Waals surface area contributed by atoms with E-state index in [-0.39, 0.29) is 11.9 Å². The summed E-state index contributed by atoms with van der Waals surface area (Å²) in [6.07, 6.45) is 0. The number of rotatable bonds is 8. The zero-order valence-corrected chi connectivity index (χ0v) is 14.6. The molecule has 2 aromatic rings. The lowest BCUT2D eigenvalue weighted by Gasteiger charge is -2.13. The van der Waals surface area contributed by atoms with Crippen LogP contribution in [0.5, 0.6) is 11.5 Å². The molecule has 1 amide bonds. The summed E-state index contributed by atoms with van der Waals surface area (Å²) in [4.78, 5) is 13.6. The number of amides is 1. The fraction of sp³-hybridized carbons (Fsp3) is 0.316. The fourth-order valence-corrected chi connectivity index (χ4v) is 2.22. The Hall–Kier alpha value is -2.37. The van der Waals surface area contributed by atoms with Crippen LogP contribution in [0.3, 0.4) is 0 Å². The number of benzene rings is 2. The molecule has 0 bridgehead atoms. The summed E-state index contributed by atoms with van der Waals surface area (Å²) in [7, 11) is 4.22. The summed E-state index contributed by atoms with van der Waals surface area (Å²) in [6.45, 7) is 3.89. The molecule has 2 rings (SSSR count). The maximum Gasteiger partial charge on any atom is 0.282 e. The van der Waals surface area contributed by atoms with Crippen LogP contribution in [0.15, 0.2) is 54.6 Å². The summed E-state index contributed by atoms with van der Waals surface area (Å²) in [5.74, 6) is 1.55. The number of para-hydroxylation sites is 1. The van der Waals surface area contributed by atoms with E-state index in [1.807, 2.05) is 61.5 Å². The fourth-order valence-electron chi connectivity index (χ4n) is 2.22. The maximum atomic E-state index is 12.2. The van der Waals surface area contributed by atoms with Crippen LogP contribution in [-0.4, -0.2) is 39.1 Å². The molecule has 0 saturated carbocycles. The van der Waals surface area contributed by atoms with Crippen LogP contribution >= 0.6 is 0 Å². The van der Waals surface area contributed by atoms with Crippen LogP contribution in [-0.2, 0) is 4.79 Å². The van der Waals surface area contributed by atoms with Crippen molar-refractivity contribution < 1.29 is 19.7 Å². The van der Waals surface area contributed by atoms with Crippen molar-refractivity contribution >= 4 is 11.6 Å². The van der Waals surface area contributed by atoms with Crippen molar-refractivity contribution in [2.24, 2.45) is 0 Å². The van der Waals surface area contributed by atoms with E-state index in [0.717, 1.165) is 30.3 Å². The Morgan fingerprint density at radius 2 is 1.71 bits per heavy atom. The number of likely N-dealkylation sites (N-methyl/N-ethyl adjacent to an activating group) is 1. The Morgan fingerprint density at radius 3 is 2.33 bits per heavy atom. The van der Waals surface area contributed by atoms with Gasteiger partial charge in [0.15, 0.2) is 6.04 Å². The molecule has 24 heavy (non-hydrogen) atoms. The van der Waals surface area contributed by atoms with Crippen LogP contribution in [0, 0.1) is 0 Å². The SMILES string of the molecule is C[C@@H]([NH2+]CC[NH+](C)C)C(=O)Nc1ccc(Oc2ccccc2)cc1. The van der Waals surface area contributed by atoms with Gasteiger partial charge in [0.25, 0.3) is 5.91 Å². The van der Waals surface area contributed by atoms with Crippen molar-refractivity contribution in [2.45, 2.75) is 13.0 Å². The Kier molecular flexibility index (Phi) is 6.78. The average molecular weight is 329 g/mol. The molecule has 0 aliphatic rings. The summed E-state index contributed by atoms with van der Waals surface area (Å²) in [5, 5.41) is 5.00. The number of quaternary nitrogens is 2. The molecule has 0 aromatic heterocycles. The van der Waals surface area contributed by atoms with Crippen LogP contribution in [0.25, 0.3) is 0 Å². The predicted molar refractivity (Wildman–Crippen MR) is 95.5 cm³/mol. The average Bonchev–Trinajstić information content (AvgIpc) is 2.57. The minimum absolute atomic E-state index is 0.0143. The lowest BCUT2D eigenvalue weighted by molar-refractivity contribution is -0.875. The second-order valence-corrected chi connectivity index (χ2v) is 6.20. The first-order chi connectivity index (χ1) is 11.5. The molecule has 0 aliphatic heterocycles. The van der Waals surface area contributed by atoms with Gasteiger partial charge >= 0.3 is 0 Å². The molecule has 0 fully saturated rings. The number of nitrogens with two attached hydrogens (primary N) is 1. The molecule has 0 spiro atoms. The minimum Gasteiger partial charge on any atom is -0.457 e. The van der Waals surface area contributed by atoms with Crippen molar-refractivity contribution in [3.63, 3.8) is 0 Å². The van der Waals surface area contributed by atoms with E-state index >= 15 is 0 Å². The summed E-state index contributed by atoms with van der Waals surface area (Å²) >= 11 is 0. The molecule has 0 aliphatic carbocycles. The Morgan fingerprint density at radius 1 is 1.08 bits per heavy atom. The molecule has 5 heteroatoms. The van der Waals surface area contributed by atoms with E-state index in [2.05, 4.69) is 24.7 Å². The minimum atomic E-state index is -0.107. The molecule has 0 saturated heterocycles. The standard InChI is InChI=1S/C19H25N3O2/c1-15(20-13-14-22(2)3)19(23)21-16-9-11-18(12-10-16)24-17-7-5-4-6-8-17/h4-12,15,20H,13-14H2,1-3H3,(H,21,23)/p+2/t15-/m1/s1. The van der Waals surface area contributed by atoms with Gasteiger partial charge in [-0.25, -0.2) is 0 Å². The molecule has 5 nitrogen and oxygen atoms in total. The van der Waals surface area contributed by atoms with Gasteiger partial charge in [-0.1, -0.05) is 18.2 Å². The summed E-state index contributed by atoms with van der Waals surface area (Å²) < 4.78 is 5.74. The van der Waals surface area contributed by atoms with Crippen LogP contribution < -0.4 is 20.3 Å². The highest BCUT2D eigenvalue weighted by Gasteiger charge is 2.16. The van der Waals surface area contributed by atoms with Crippen molar-refractivity contribution in [3.05, 3.63) is 54.6 Å². The van der Waals surface area contributed by atoms with Gasteiger partial charge in [-0.05, 0) is 43.3 Å². The first-order valence-corrected chi connectivity index (χ1v) is 8.31. The number of anilines is 1. The number of ether oxygens (including phenoxy) is 1. The topological polar surface area (TPSA) is 59.4 Å². The monoisotopic (exact) mass is 329 g/mol. The molecule has 4 N–H and O–H groups in total. The zero-order valence-electron chi connectivity index (χ0n) is 14.6. The zero-order chi connectivity index (χ0) is 17.4. The van der Waals surface area contributed by atoms with E-state index in [0.29, 0.717) is 0 Å². The lowest BCUT2D eigenvalue weighted by Crippen LogP contribution is -3.10. The van der Waals surface area contributed by atoms with Gasteiger partial charge in [0, 0.05) is 5.69 Å². The third kappa shape index (κ3) is 6.02. The first kappa shape index (κ1) is 18.0. The normalized spacial score (nSPS) is 12.0. The number of carbonyl (C=O) groups excluding carboxylic acids is 1. The maximum absolute atomic E-state index is 12.2. The van der Waals surface area contributed by atoms with Crippen molar-refractivity contribution in [3.8, 4) is 11.5 Å². The molecule has 0 heterocycles. The quantitative estimate of drug-likeness (QED) is 0.661. The Labute approximate surface area is 143 Å². The van der Waals surface area contributed by atoms with Gasteiger partial charge < -0.3 is 20.3 Å². The predicted octanol–water partition coefficient (Wildman–Crippen LogP) is 0.514. The highest BCUT2D eigenvalue weighted by molar-refractivity contribution is 5.93. The molecule has 0 radical (unpaired) electrons. The van der Waals surface area contributed by atoms with Crippen LogP contribution in [0.4, 0.5) is 5.69 Å². The van der Waals surface area contributed by atoms with E-state index in [4.69, 9.17) is 4.74 Å². The van der Waals surface area contributed by atoms with Gasteiger partial charge in [0.05, 0.1) is 14.1 Å². The first-order valence-electron chi connectivity index (χ1n) is 8.31. The number of carbonyl (C=O) groups is 1. The molecule has 2 aromatic carbocycles. The molecular weight excluding hydrogens is 302 g/mol. The lowest BCUT2D eigenvalue weighted by atomic mass is 10.2. The van der Waals surface area contributed by atoms with E-state index in [1.165, 1.54) is 4.90 Å². The second kappa shape index (κ2) is 9.05.